The summed E-state index contributed by atoms with van der Waals surface area (Å²) in [6.45, 7) is 2.23. The van der Waals surface area contributed by atoms with Crippen molar-refractivity contribution in [3.05, 3.63) is 36.0 Å². The fourth-order valence-corrected chi connectivity index (χ4v) is 3.67. The Morgan fingerprint density at radius 1 is 1.27 bits per heavy atom. The van der Waals surface area contributed by atoms with Gasteiger partial charge >= 0.3 is 0 Å². The predicted octanol–water partition coefficient (Wildman–Crippen LogP) is 1.82. The van der Waals surface area contributed by atoms with Gasteiger partial charge < -0.3 is 30.2 Å². The molecule has 1 fully saturated rings. The molecule has 0 saturated carbocycles. The molecule has 0 aliphatic carbocycles. The molecule has 2 aliphatic heterocycles. The molecule has 0 radical (unpaired) electrons. The lowest BCUT2D eigenvalue weighted by atomic mass is 9.97. The van der Waals surface area contributed by atoms with E-state index >= 15 is 0 Å². The normalized spacial score (nSPS) is 17.9. The van der Waals surface area contributed by atoms with Crippen LogP contribution in [0.2, 0.25) is 0 Å². The number of pyridine rings is 1. The minimum Gasteiger partial charge on any atom is -0.493 e. The molecule has 3 N–H and O–H groups in total. The van der Waals surface area contributed by atoms with E-state index in [9.17, 15) is 9.59 Å². The summed E-state index contributed by atoms with van der Waals surface area (Å²) < 4.78 is 16.5. The maximum absolute atomic E-state index is 12.7. The molecule has 1 saturated heterocycles. The topological polar surface area (TPSA) is 116 Å². The van der Waals surface area contributed by atoms with E-state index in [4.69, 9.17) is 19.9 Å². The molecular weight excluding hydrogens is 388 g/mol. The summed E-state index contributed by atoms with van der Waals surface area (Å²) in [6, 6.07) is 6.85. The molecule has 0 spiro atoms. The third-order valence-electron chi connectivity index (χ3n) is 5.24. The summed E-state index contributed by atoms with van der Waals surface area (Å²) in [6.07, 6.45) is 3.29. The van der Waals surface area contributed by atoms with Crippen LogP contribution in [0.1, 0.15) is 23.2 Å². The molecule has 2 aliphatic rings. The molecule has 158 valence electrons. The Morgan fingerprint density at radius 2 is 2.10 bits per heavy atom. The molecule has 2 amide bonds. The second kappa shape index (κ2) is 8.48. The van der Waals surface area contributed by atoms with Crippen LogP contribution in [0.15, 0.2) is 30.5 Å². The third-order valence-corrected chi connectivity index (χ3v) is 5.24. The van der Waals surface area contributed by atoms with Crippen molar-refractivity contribution in [3.8, 4) is 17.2 Å². The average Bonchev–Trinajstić information content (AvgIpc) is 2.78. The van der Waals surface area contributed by atoms with Crippen LogP contribution in [0.4, 0.5) is 11.5 Å². The van der Waals surface area contributed by atoms with Gasteiger partial charge in [0.05, 0.1) is 24.9 Å². The summed E-state index contributed by atoms with van der Waals surface area (Å²) >= 11 is 0. The minimum atomic E-state index is -0.313. The van der Waals surface area contributed by atoms with Gasteiger partial charge in [-0.3, -0.25) is 9.59 Å². The van der Waals surface area contributed by atoms with E-state index in [0.717, 1.165) is 25.2 Å². The molecule has 2 aromatic rings. The van der Waals surface area contributed by atoms with Gasteiger partial charge in [-0.05, 0) is 37.1 Å². The second-order valence-corrected chi connectivity index (χ2v) is 7.25. The zero-order chi connectivity index (χ0) is 21.1. The van der Waals surface area contributed by atoms with Crippen LogP contribution in [0.3, 0.4) is 0 Å². The quantitative estimate of drug-likeness (QED) is 0.769. The summed E-state index contributed by atoms with van der Waals surface area (Å²) in [5.74, 6) is 1.42. The molecule has 0 bridgehead atoms. The molecule has 1 aromatic heterocycles. The lowest BCUT2D eigenvalue weighted by Gasteiger charge is -2.32. The minimum absolute atomic E-state index is 0.162. The van der Waals surface area contributed by atoms with Crippen molar-refractivity contribution in [2.24, 2.45) is 11.7 Å². The molecule has 30 heavy (non-hydrogen) atoms. The number of nitrogens with zero attached hydrogens (tertiary/aromatic N) is 2. The maximum atomic E-state index is 12.7. The molecule has 9 heteroatoms. The number of benzene rings is 1. The smallest absolute Gasteiger partial charge is 0.255 e. The Balaban J connectivity index is 1.46. The molecule has 1 unspecified atom stereocenters. The number of nitrogens with one attached hydrogen (secondary N) is 1. The van der Waals surface area contributed by atoms with E-state index in [2.05, 4.69) is 10.3 Å². The third kappa shape index (κ3) is 4.10. The van der Waals surface area contributed by atoms with Crippen LogP contribution < -0.4 is 30.2 Å². The Hall–Kier alpha value is -3.49. The monoisotopic (exact) mass is 412 g/mol. The Morgan fingerprint density at radius 3 is 2.83 bits per heavy atom. The van der Waals surface area contributed by atoms with E-state index in [1.807, 2.05) is 11.0 Å². The first-order valence-corrected chi connectivity index (χ1v) is 9.84. The van der Waals surface area contributed by atoms with Crippen LogP contribution >= 0.6 is 0 Å². The molecule has 4 rings (SSSR count). The average molecular weight is 412 g/mol. The molecule has 1 aromatic carbocycles. The van der Waals surface area contributed by atoms with E-state index < -0.39 is 0 Å². The van der Waals surface area contributed by atoms with Crippen molar-refractivity contribution in [1.82, 2.24) is 4.98 Å². The van der Waals surface area contributed by atoms with Crippen LogP contribution in [-0.4, -0.2) is 50.2 Å². The number of piperidine rings is 1. The van der Waals surface area contributed by atoms with Crippen LogP contribution in [0.5, 0.6) is 17.2 Å². The zero-order valence-electron chi connectivity index (χ0n) is 16.7. The van der Waals surface area contributed by atoms with Crippen molar-refractivity contribution in [3.63, 3.8) is 0 Å². The number of hydrogen-bond donors (Lipinski definition) is 2. The fraction of sp³-hybridized carbons (Fsp3) is 0.381. The van der Waals surface area contributed by atoms with Gasteiger partial charge in [-0.1, -0.05) is 0 Å². The van der Waals surface area contributed by atoms with Gasteiger partial charge in [0.15, 0.2) is 11.5 Å². The second-order valence-electron chi connectivity index (χ2n) is 7.25. The highest BCUT2D eigenvalue weighted by molar-refractivity contribution is 6.05. The number of methoxy groups -OCH3 is 1. The van der Waals surface area contributed by atoms with E-state index in [-0.39, 0.29) is 17.7 Å². The number of anilines is 2. The standard InChI is InChI=1S/C21H24N4O5/c1-28-16-9-14(10-17-19(16)30-8-7-29-17)21(27)24-15-4-5-18(23-11-15)25-6-2-3-13(12-25)20(22)26/h4-5,9-11,13H,2-3,6-8,12H2,1H3,(H2,22,26)(H,24,27). The first kappa shape index (κ1) is 19.8. The fourth-order valence-electron chi connectivity index (χ4n) is 3.67. The maximum Gasteiger partial charge on any atom is 0.255 e. The molecule has 3 heterocycles. The first-order valence-electron chi connectivity index (χ1n) is 9.84. The van der Waals surface area contributed by atoms with Gasteiger partial charge in [0.25, 0.3) is 5.91 Å². The summed E-state index contributed by atoms with van der Waals surface area (Å²) in [7, 11) is 1.52. The van der Waals surface area contributed by atoms with E-state index in [0.29, 0.717) is 48.3 Å². The lowest BCUT2D eigenvalue weighted by Crippen LogP contribution is -2.41. The van der Waals surface area contributed by atoms with Gasteiger partial charge in [0, 0.05) is 18.7 Å². The van der Waals surface area contributed by atoms with Gasteiger partial charge in [-0.25, -0.2) is 4.98 Å². The lowest BCUT2D eigenvalue weighted by molar-refractivity contribution is -0.122. The highest BCUT2D eigenvalue weighted by atomic mass is 16.6. The summed E-state index contributed by atoms with van der Waals surface area (Å²) in [5.41, 5.74) is 6.39. The molecule has 9 nitrogen and oxygen atoms in total. The largest absolute Gasteiger partial charge is 0.493 e. The van der Waals surface area contributed by atoms with Crippen molar-refractivity contribution in [2.75, 3.05) is 43.6 Å². The van der Waals surface area contributed by atoms with Crippen molar-refractivity contribution < 1.29 is 23.8 Å². The zero-order valence-corrected chi connectivity index (χ0v) is 16.7. The van der Waals surface area contributed by atoms with Crippen molar-refractivity contribution in [1.29, 1.82) is 0 Å². The van der Waals surface area contributed by atoms with Gasteiger partial charge in [0.1, 0.15) is 19.0 Å². The number of carbonyl (C=O) groups is 2. The van der Waals surface area contributed by atoms with Crippen LogP contribution in [0, 0.1) is 5.92 Å². The number of rotatable bonds is 5. The van der Waals surface area contributed by atoms with Gasteiger partial charge in [-0.15, -0.1) is 0 Å². The van der Waals surface area contributed by atoms with Crippen molar-refractivity contribution in [2.45, 2.75) is 12.8 Å². The Bertz CT molecular complexity index is 930. The van der Waals surface area contributed by atoms with Crippen molar-refractivity contribution >= 4 is 23.3 Å². The highest BCUT2D eigenvalue weighted by Gasteiger charge is 2.25. The number of fused-ring (bicyclic) bond motifs is 1. The SMILES string of the molecule is COc1cc(C(=O)Nc2ccc(N3CCCC(C(N)=O)C3)nc2)cc2c1OCCO2. The van der Waals surface area contributed by atoms with E-state index in [1.165, 1.54) is 7.11 Å². The first-order chi connectivity index (χ1) is 14.5. The number of aromatic nitrogens is 1. The van der Waals surface area contributed by atoms with Crippen LogP contribution in [0.25, 0.3) is 0 Å². The summed E-state index contributed by atoms with van der Waals surface area (Å²) in [5, 5.41) is 2.83. The number of carbonyl (C=O) groups excluding carboxylic acids is 2. The number of primary amides is 1. The van der Waals surface area contributed by atoms with Gasteiger partial charge in [-0.2, -0.15) is 0 Å². The Labute approximate surface area is 174 Å². The number of amides is 2. The molecular formula is C21H24N4O5. The molecule has 1 atom stereocenters. The Kier molecular flexibility index (Phi) is 5.60. The summed E-state index contributed by atoms with van der Waals surface area (Å²) in [4.78, 5) is 30.7. The number of nitrogens with two attached hydrogens (primary N) is 1. The van der Waals surface area contributed by atoms with E-state index in [1.54, 1.807) is 24.4 Å². The predicted molar refractivity (Wildman–Crippen MR) is 110 cm³/mol. The highest BCUT2D eigenvalue weighted by Crippen LogP contribution is 2.40. The number of ether oxygens (including phenoxy) is 3. The number of hydrogen-bond acceptors (Lipinski definition) is 7. The van der Waals surface area contributed by atoms with Gasteiger partial charge in [0.2, 0.25) is 11.7 Å². The van der Waals surface area contributed by atoms with Crippen LogP contribution in [-0.2, 0) is 4.79 Å².